The minimum absolute atomic E-state index is 0.122. The summed E-state index contributed by atoms with van der Waals surface area (Å²) in [6, 6.07) is 8.03. The molecule has 2 amide bonds. The van der Waals surface area contributed by atoms with Crippen molar-refractivity contribution in [1.82, 2.24) is 10.2 Å². The van der Waals surface area contributed by atoms with E-state index in [2.05, 4.69) is 19.2 Å². The van der Waals surface area contributed by atoms with Gasteiger partial charge in [-0.25, -0.2) is 0 Å². The number of carbonyl (C=O) groups is 3. The molecule has 0 spiro atoms. The minimum atomic E-state index is -0.344. The number of nitrogens with one attached hydrogen (secondary N) is 1. The molecule has 1 rings (SSSR count). The van der Waals surface area contributed by atoms with Crippen LogP contribution in [0.1, 0.15) is 51.2 Å². The van der Waals surface area contributed by atoms with E-state index in [4.69, 9.17) is 4.74 Å². The molecule has 0 aliphatic rings. The van der Waals surface area contributed by atoms with Crippen molar-refractivity contribution < 1.29 is 19.1 Å². The fourth-order valence-electron chi connectivity index (χ4n) is 2.42. The summed E-state index contributed by atoms with van der Waals surface area (Å²) < 4.78 is 4.91. The fourth-order valence-corrected chi connectivity index (χ4v) is 2.42. The maximum Gasteiger partial charge on any atom is 0.307 e. The van der Waals surface area contributed by atoms with E-state index in [0.29, 0.717) is 25.6 Å². The minimum Gasteiger partial charge on any atom is -0.466 e. The van der Waals surface area contributed by atoms with Crippen molar-refractivity contribution in [3.05, 3.63) is 41.5 Å². The molecule has 0 atom stereocenters. The average molecular weight is 374 g/mol. The smallest absolute Gasteiger partial charge is 0.307 e. The van der Waals surface area contributed by atoms with Gasteiger partial charge in [-0.15, -0.1) is 0 Å². The van der Waals surface area contributed by atoms with Gasteiger partial charge in [-0.05, 0) is 30.0 Å². The van der Waals surface area contributed by atoms with Crippen molar-refractivity contribution in [3.63, 3.8) is 0 Å². The van der Waals surface area contributed by atoms with Crippen LogP contribution in [0.5, 0.6) is 0 Å². The molecule has 1 aromatic rings. The Kier molecular flexibility index (Phi) is 9.86. The molecule has 1 aromatic carbocycles. The summed E-state index contributed by atoms with van der Waals surface area (Å²) in [7, 11) is 0. The lowest BCUT2D eigenvalue weighted by Crippen LogP contribution is -2.38. The molecule has 0 saturated heterocycles. The zero-order valence-corrected chi connectivity index (χ0v) is 16.7. The topological polar surface area (TPSA) is 75.7 Å². The van der Waals surface area contributed by atoms with Gasteiger partial charge in [-0.1, -0.05) is 38.1 Å². The molecule has 0 aromatic heterocycles. The standard InChI is InChI=1S/C21H30N2O4/c1-5-27-21(26)12-14-23(15-13-22-17(4)24)20(25)11-8-18-6-9-19(10-7-18)16(2)3/h6-11,16H,5,12-15H2,1-4H3,(H,22,24)/b11-8+. The zero-order valence-electron chi connectivity index (χ0n) is 16.7. The summed E-state index contributed by atoms with van der Waals surface area (Å²) in [5, 5.41) is 2.66. The summed E-state index contributed by atoms with van der Waals surface area (Å²) in [5.41, 5.74) is 2.17. The first-order chi connectivity index (χ1) is 12.8. The maximum absolute atomic E-state index is 12.5. The molecule has 0 aliphatic carbocycles. The van der Waals surface area contributed by atoms with Crippen LogP contribution in [0.4, 0.5) is 0 Å². The first-order valence-corrected chi connectivity index (χ1v) is 9.30. The predicted octanol–water partition coefficient (Wildman–Crippen LogP) is 2.74. The Hall–Kier alpha value is -2.63. The number of hydrogen-bond acceptors (Lipinski definition) is 4. The number of benzene rings is 1. The van der Waals surface area contributed by atoms with Crippen LogP contribution in [0.25, 0.3) is 6.08 Å². The van der Waals surface area contributed by atoms with Crippen molar-refractivity contribution in [2.75, 3.05) is 26.2 Å². The molecule has 1 N–H and O–H groups in total. The van der Waals surface area contributed by atoms with Crippen LogP contribution in [0.2, 0.25) is 0 Å². The van der Waals surface area contributed by atoms with Gasteiger partial charge in [-0.2, -0.15) is 0 Å². The van der Waals surface area contributed by atoms with Crippen LogP contribution in [-0.2, 0) is 19.1 Å². The molecule has 0 fully saturated rings. The third-order valence-electron chi connectivity index (χ3n) is 3.98. The number of hydrogen-bond donors (Lipinski definition) is 1. The Balaban J connectivity index is 2.71. The highest BCUT2D eigenvalue weighted by molar-refractivity contribution is 5.92. The molecule has 27 heavy (non-hydrogen) atoms. The van der Waals surface area contributed by atoms with E-state index in [0.717, 1.165) is 5.56 Å². The summed E-state index contributed by atoms with van der Waals surface area (Å²) in [4.78, 5) is 36.6. The lowest BCUT2D eigenvalue weighted by Gasteiger charge is -2.21. The molecule has 0 saturated carbocycles. The molecule has 0 aliphatic heterocycles. The van der Waals surface area contributed by atoms with Gasteiger partial charge >= 0.3 is 5.97 Å². The normalized spacial score (nSPS) is 10.9. The third-order valence-corrected chi connectivity index (χ3v) is 3.98. The van der Waals surface area contributed by atoms with Crippen molar-refractivity contribution >= 4 is 23.9 Å². The zero-order chi connectivity index (χ0) is 20.2. The second-order valence-corrected chi connectivity index (χ2v) is 6.52. The number of amides is 2. The van der Waals surface area contributed by atoms with Crippen LogP contribution in [0.15, 0.2) is 30.3 Å². The Morgan fingerprint density at radius 3 is 2.37 bits per heavy atom. The molecular weight excluding hydrogens is 344 g/mol. The van der Waals surface area contributed by atoms with E-state index in [9.17, 15) is 14.4 Å². The number of carbonyl (C=O) groups excluding carboxylic acids is 3. The van der Waals surface area contributed by atoms with Crippen molar-refractivity contribution in [2.45, 2.75) is 40.0 Å². The highest BCUT2D eigenvalue weighted by Crippen LogP contribution is 2.15. The van der Waals surface area contributed by atoms with Gasteiger partial charge in [0.25, 0.3) is 0 Å². The van der Waals surface area contributed by atoms with E-state index in [1.807, 2.05) is 24.3 Å². The molecule has 6 heteroatoms. The van der Waals surface area contributed by atoms with E-state index in [-0.39, 0.29) is 30.7 Å². The lowest BCUT2D eigenvalue weighted by atomic mass is 10.0. The average Bonchev–Trinajstić information content (AvgIpc) is 2.62. The summed E-state index contributed by atoms with van der Waals surface area (Å²) >= 11 is 0. The molecule has 0 bridgehead atoms. The first kappa shape index (κ1) is 22.4. The highest BCUT2D eigenvalue weighted by Gasteiger charge is 2.13. The van der Waals surface area contributed by atoms with Gasteiger partial charge < -0.3 is 15.0 Å². The van der Waals surface area contributed by atoms with Crippen LogP contribution in [0.3, 0.4) is 0 Å². The number of nitrogens with zero attached hydrogens (tertiary/aromatic N) is 1. The second-order valence-electron chi connectivity index (χ2n) is 6.52. The SMILES string of the molecule is CCOC(=O)CCN(CCNC(C)=O)C(=O)/C=C/c1ccc(C(C)C)cc1. The largest absolute Gasteiger partial charge is 0.466 e. The summed E-state index contributed by atoms with van der Waals surface area (Å²) in [6.07, 6.45) is 3.36. The van der Waals surface area contributed by atoms with Crippen LogP contribution >= 0.6 is 0 Å². The summed E-state index contributed by atoms with van der Waals surface area (Å²) in [5.74, 6) is -0.258. The van der Waals surface area contributed by atoms with E-state index < -0.39 is 0 Å². The van der Waals surface area contributed by atoms with Gasteiger partial charge in [0.1, 0.15) is 0 Å². The molecule has 0 radical (unpaired) electrons. The number of esters is 1. The molecule has 0 unspecified atom stereocenters. The van der Waals surface area contributed by atoms with E-state index >= 15 is 0 Å². The molecule has 6 nitrogen and oxygen atoms in total. The van der Waals surface area contributed by atoms with Gasteiger partial charge in [-0.3, -0.25) is 14.4 Å². The number of ether oxygens (including phenoxy) is 1. The number of rotatable bonds is 10. The van der Waals surface area contributed by atoms with Crippen LogP contribution in [-0.4, -0.2) is 48.9 Å². The highest BCUT2D eigenvalue weighted by atomic mass is 16.5. The van der Waals surface area contributed by atoms with Gasteiger partial charge in [0.15, 0.2) is 0 Å². The monoisotopic (exact) mass is 374 g/mol. The van der Waals surface area contributed by atoms with Crippen molar-refractivity contribution in [2.24, 2.45) is 0 Å². The van der Waals surface area contributed by atoms with Gasteiger partial charge in [0.05, 0.1) is 13.0 Å². The Labute approximate surface area is 161 Å². The third kappa shape index (κ3) is 9.03. The van der Waals surface area contributed by atoms with Crippen molar-refractivity contribution in [3.8, 4) is 0 Å². The molecule has 0 heterocycles. The Bertz CT molecular complexity index is 651. The molecular formula is C21H30N2O4. The summed E-state index contributed by atoms with van der Waals surface area (Å²) in [6.45, 7) is 8.64. The van der Waals surface area contributed by atoms with Gasteiger partial charge in [0.2, 0.25) is 11.8 Å². The van der Waals surface area contributed by atoms with Crippen LogP contribution in [0, 0.1) is 0 Å². The Morgan fingerprint density at radius 1 is 1.15 bits per heavy atom. The van der Waals surface area contributed by atoms with E-state index in [1.165, 1.54) is 23.5 Å². The lowest BCUT2D eigenvalue weighted by molar-refractivity contribution is -0.143. The molecule has 148 valence electrons. The van der Waals surface area contributed by atoms with Gasteiger partial charge in [0, 0.05) is 32.6 Å². The second kappa shape index (κ2) is 11.9. The first-order valence-electron chi connectivity index (χ1n) is 9.30. The van der Waals surface area contributed by atoms with E-state index in [1.54, 1.807) is 13.0 Å². The van der Waals surface area contributed by atoms with Crippen molar-refractivity contribution in [1.29, 1.82) is 0 Å². The van der Waals surface area contributed by atoms with Crippen LogP contribution < -0.4 is 5.32 Å². The Morgan fingerprint density at radius 2 is 1.81 bits per heavy atom. The quantitative estimate of drug-likeness (QED) is 0.505. The predicted molar refractivity (Wildman–Crippen MR) is 106 cm³/mol. The fraction of sp³-hybridized carbons (Fsp3) is 0.476. The maximum atomic E-state index is 12.5.